The number of methoxy groups -OCH3 is 1. The van der Waals surface area contributed by atoms with Crippen molar-refractivity contribution < 1.29 is 19.1 Å². The van der Waals surface area contributed by atoms with E-state index in [2.05, 4.69) is 9.69 Å². The van der Waals surface area contributed by atoms with E-state index in [1.165, 1.54) is 18.6 Å². The molecule has 0 radical (unpaired) electrons. The quantitative estimate of drug-likeness (QED) is 0.286. The Balaban J connectivity index is 1.29. The molecule has 182 valence electrons. The SMILES string of the molecule is COC(=O)C1(c2ccc(-c3ccc(-c4snc(C)c4NC(=O)OCc4ccccc4)cc3)cc2)CC1. The van der Waals surface area contributed by atoms with Crippen molar-refractivity contribution >= 4 is 29.3 Å². The number of esters is 1. The highest BCUT2D eigenvalue weighted by Crippen LogP contribution is 2.49. The van der Waals surface area contributed by atoms with Crippen LogP contribution in [-0.2, 0) is 26.3 Å². The number of rotatable bonds is 7. The number of hydrogen-bond acceptors (Lipinski definition) is 6. The summed E-state index contributed by atoms with van der Waals surface area (Å²) in [6.45, 7) is 2.07. The molecule has 1 aromatic heterocycles. The number of aromatic nitrogens is 1. The Morgan fingerprint density at radius 3 is 2.14 bits per heavy atom. The van der Waals surface area contributed by atoms with Gasteiger partial charge in [0.25, 0.3) is 0 Å². The van der Waals surface area contributed by atoms with Gasteiger partial charge in [-0.3, -0.25) is 10.1 Å². The molecular weight excluding hydrogens is 472 g/mol. The van der Waals surface area contributed by atoms with Gasteiger partial charge in [-0.25, -0.2) is 4.79 Å². The van der Waals surface area contributed by atoms with Crippen LogP contribution in [-0.4, -0.2) is 23.5 Å². The van der Waals surface area contributed by atoms with Crippen molar-refractivity contribution in [3.8, 4) is 21.6 Å². The molecule has 1 N–H and O–H groups in total. The first-order chi connectivity index (χ1) is 17.5. The Labute approximate surface area is 214 Å². The second-order valence-corrected chi connectivity index (χ2v) is 9.66. The summed E-state index contributed by atoms with van der Waals surface area (Å²) < 4.78 is 14.8. The van der Waals surface area contributed by atoms with E-state index in [0.29, 0.717) is 5.69 Å². The first-order valence-corrected chi connectivity index (χ1v) is 12.5. The van der Waals surface area contributed by atoms with Crippen LogP contribution < -0.4 is 5.32 Å². The third-order valence-corrected chi connectivity index (χ3v) is 7.53. The van der Waals surface area contributed by atoms with Crippen LogP contribution in [0.15, 0.2) is 78.9 Å². The lowest BCUT2D eigenvalue weighted by atomic mass is 9.93. The van der Waals surface area contributed by atoms with Crippen LogP contribution in [0.5, 0.6) is 0 Å². The number of ether oxygens (including phenoxy) is 2. The summed E-state index contributed by atoms with van der Waals surface area (Å²) in [5, 5.41) is 2.86. The highest BCUT2D eigenvalue weighted by atomic mass is 32.1. The number of amides is 1. The molecule has 0 spiro atoms. The highest BCUT2D eigenvalue weighted by molar-refractivity contribution is 7.10. The van der Waals surface area contributed by atoms with Crippen molar-refractivity contribution in [1.82, 2.24) is 4.37 Å². The molecule has 4 aromatic rings. The number of benzene rings is 3. The molecule has 1 amide bonds. The number of carbonyl (C=O) groups excluding carboxylic acids is 2. The fourth-order valence-corrected chi connectivity index (χ4v) is 5.15. The van der Waals surface area contributed by atoms with E-state index >= 15 is 0 Å². The molecule has 3 aromatic carbocycles. The number of anilines is 1. The molecule has 7 heteroatoms. The molecule has 0 saturated heterocycles. The average Bonchev–Trinajstić information content (AvgIpc) is 3.66. The van der Waals surface area contributed by atoms with Crippen molar-refractivity contribution in [3.63, 3.8) is 0 Å². The number of nitrogens with zero attached hydrogens (tertiary/aromatic N) is 1. The summed E-state index contributed by atoms with van der Waals surface area (Å²) >= 11 is 1.34. The van der Waals surface area contributed by atoms with E-state index in [-0.39, 0.29) is 12.6 Å². The maximum atomic E-state index is 12.4. The molecule has 1 aliphatic rings. The normalized spacial score (nSPS) is 13.6. The topological polar surface area (TPSA) is 77.5 Å². The Hall–Kier alpha value is -3.97. The molecule has 1 aliphatic carbocycles. The molecule has 6 nitrogen and oxygen atoms in total. The highest BCUT2D eigenvalue weighted by Gasteiger charge is 2.52. The molecule has 36 heavy (non-hydrogen) atoms. The first-order valence-electron chi connectivity index (χ1n) is 11.7. The molecule has 1 heterocycles. The standard InChI is InChI=1S/C29H26N2O4S/c1-19-25(30-28(33)35-18-20-6-4-3-5-7-20)26(36-31-19)23-10-8-21(9-11-23)22-12-14-24(15-13-22)29(16-17-29)27(32)34-2/h3-15H,16-18H2,1-2H3,(H,30,33). The molecule has 0 bridgehead atoms. The predicted molar refractivity (Wildman–Crippen MR) is 141 cm³/mol. The van der Waals surface area contributed by atoms with Gasteiger partial charge >= 0.3 is 12.1 Å². The molecule has 1 fully saturated rings. The van der Waals surface area contributed by atoms with Gasteiger partial charge in [0.15, 0.2) is 0 Å². The minimum Gasteiger partial charge on any atom is -0.468 e. The van der Waals surface area contributed by atoms with Crippen LogP contribution in [0, 0.1) is 6.92 Å². The summed E-state index contributed by atoms with van der Waals surface area (Å²) in [6, 6.07) is 25.8. The lowest BCUT2D eigenvalue weighted by Crippen LogP contribution is -2.21. The Morgan fingerprint density at radius 2 is 1.53 bits per heavy atom. The van der Waals surface area contributed by atoms with E-state index in [1.54, 1.807) is 0 Å². The number of carbonyl (C=O) groups is 2. The summed E-state index contributed by atoms with van der Waals surface area (Å²) in [5.41, 5.74) is 5.95. The van der Waals surface area contributed by atoms with Crippen LogP contribution in [0.25, 0.3) is 21.6 Å². The van der Waals surface area contributed by atoms with Gasteiger partial charge in [0, 0.05) is 0 Å². The van der Waals surface area contributed by atoms with Gasteiger partial charge in [-0.2, -0.15) is 4.37 Å². The van der Waals surface area contributed by atoms with Gasteiger partial charge in [-0.05, 0) is 59.1 Å². The Morgan fingerprint density at radius 1 is 0.917 bits per heavy atom. The lowest BCUT2D eigenvalue weighted by molar-refractivity contribution is -0.143. The van der Waals surface area contributed by atoms with Gasteiger partial charge in [-0.1, -0.05) is 78.9 Å². The van der Waals surface area contributed by atoms with Crippen LogP contribution in [0.1, 0.15) is 29.7 Å². The molecule has 0 atom stereocenters. The fraction of sp³-hybridized carbons (Fsp3) is 0.207. The zero-order chi connectivity index (χ0) is 25.1. The smallest absolute Gasteiger partial charge is 0.412 e. The van der Waals surface area contributed by atoms with E-state index in [4.69, 9.17) is 9.47 Å². The van der Waals surface area contributed by atoms with Crippen molar-refractivity contribution in [2.75, 3.05) is 12.4 Å². The van der Waals surface area contributed by atoms with Gasteiger partial charge < -0.3 is 9.47 Å². The number of hydrogen-bond donors (Lipinski definition) is 1. The van der Waals surface area contributed by atoms with Crippen molar-refractivity contribution in [2.24, 2.45) is 0 Å². The maximum Gasteiger partial charge on any atom is 0.412 e. The molecule has 5 rings (SSSR count). The summed E-state index contributed by atoms with van der Waals surface area (Å²) in [4.78, 5) is 25.5. The number of nitrogens with one attached hydrogen (secondary N) is 1. The minimum absolute atomic E-state index is 0.159. The summed E-state index contributed by atoms with van der Waals surface area (Å²) in [5.74, 6) is -0.159. The predicted octanol–water partition coefficient (Wildman–Crippen LogP) is 6.74. The third kappa shape index (κ3) is 4.75. The summed E-state index contributed by atoms with van der Waals surface area (Å²) in [6.07, 6.45) is 1.15. The lowest BCUT2D eigenvalue weighted by Gasteiger charge is -2.13. The average molecular weight is 499 g/mol. The zero-order valence-electron chi connectivity index (χ0n) is 20.1. The van der Waals surface area contributed by atoms with E-state index in [1.807, 2.05) is 85.8 Å². The molecular formula is C29H26N2O4S. The molecule has 0 unspecified atom stereocenters. The Kier molecular flexibility index (Phi) is 6.57. The van der Waals surface area contributed by atoms with Crippen molar-refractivity contribution in [1.29, 1.82) is 0 Å². The van der Waals surface area contributed by atoms with Gasteiger partial charge in [-0.15, -0.1) is 0 Å². The molecule has 0 aliphatic heterocycles. The van der Waals surface area contributed by atoms with Gasteiger partial charge in [0.05, 0.1) is 28.8 Å². The van der Waals surface area contributed by atoms with Gasteiger partial charge in [0.1, 0.15) is 6.61 Å². The van der Waals surface area contributed by atoms with E-state index < -0.39 is 11.5 Å². The summed E-state index contributed by atoms with van der Waals surface area (Å²) in [7, 11) is 1.44. The van der Waals surface area contributed by atoms with Crippen LogP contribution in [0.4, 0.5) is 10.5 Å². The second kappa shape index (κ2) is 9.95. The number of aryl methyl sites for hydroxylation is 1. The fourth-order valence-electron chi connectivity index (χ4n) is 4.30. The van der Waals surface area contributed by atoms with Crippen LogP contribution in [0.2, 0.25) is 0 Å². The van der Waals surface area contributed by atoms with Crippen molar-refractivity contribution in [3.05, 3.63) is 95.7 Å². The maximum absolute atomic E-state index is 12.4. The van der Waals surface area contributed by atoms with Gasteiger partial charge in [0.2, 0.25) is 0 Å². The molecule has 1 saturated carbocycles. The van der Waals surface area contributed by atoms with Crippen LogP contribution in [0.3, 0.4) is 0 Å². The van der Waals surface area contributed by atoms with E-state index in [0.717, 1.165) is 51.2 Å². The van der Waals surface area contributed by atoms with Crippen LogP contribution >= 0.6 is 11.5 Å². The van der Waals surface area contributed by atoms with E-state index in [9.17, 15) is 9.59 Å². The Bertz CT molecular complexity index is 1380. The zero-order valence-corrected chi connectivity index (χ0v) is 20.9. The van der Waals surface area contributed by atoms with Crippen molar-refractivity contribution in [2.45, 2.75) is 31.8 Å². The first kappa shape index (κ1) is 23.8. The third-order valence-electron chi connectivity index (χ3n) is 6.55. The second-order valence-electron chi connectivity index (χ2n) is 8.89. The minimum atomic E-state index is -0.513. The largest absolute Gasteiger partial charge is 0.468 e. The monoisotopic (exact) mass is 498 g/mol.